The lowest BCUT2D eigenvalue weighted by molar-refractivity contribution is 0.0701. The number of anilines is 1. The minimum Gasteiger partial charge on any atom is -0.477 e. The molecule has 0 saturated carbocycles. The number of carbonyl (C=O) groups is 1. The van der Waals surface area contributed by atoms with E-state index in [0.717, 1.165) is 20.0 Å². The summed E-state index contributed by atoms with van der Waals surface area (Å²) in [5.74, 6) is -0.348. The number of carboxylic acids is 1. The minimum absolute atomic E-state index is 0.385. The number of fused-ring (bicyclic) bond motifs is 1. The average Bonchev–Trinajstić information content (AvgIpc) is 3.00. The van der Waals surface area contributed by atoms with Gasteiger partial charge in [-0.3, -0.25) is 0 Å². The van der Waals surface area contributed by atoms with Crippen LogP contribution in [0.5, 0.6) is 0 Å². The van der Waals surface area contributed by atoms with E-state index in [9.17, 15) is 9.90 Å². The number of nitrogens with zero attached hydrogens (tertiary/aromatic N) is 2. The number of carboxylic acid groups (broad SMARTS) is 1. The van der Waals surface area contributed by atoms with Gasteiger partial charge < -0.3 is 10.8 Å². The first-order valence-electron chi connectivity index (χ1n) is 5.60. The van der Waals surface area contributed by atoms with Crippen LogP contribution in [-0.2, 0) is 5.75 Å². The molecule has 20 heavy (non-hydrogen) atoms. The Morgan fingerprint density at radius 1 is 1.30 bits per heavy atom. The van der Waals surface area contributed by atoms with E-state index in [0.29, 0.717) is 15.8 Å². The minimum atomic E-state index is -0.890. The molecule has 0 aliphatic carbocycles. The molecule has 1 aromatic carbocycles. The number of aromatic carboxylic acids is 1. The van der Waals surface area contributed by atoms with E-state index >= 15 is 0 Å². The van der Waals surface area contributed by atoms with Gasteiger partial charge in [0.2, 0.25) is 5.13 Å². The zero-order chi connectivity index (χ0) is 14.1. The second kappa shape index (κ2) is 5.39. The van der Waals surface area contributed by atoms with Crippen molar-refractivity contribution in [2.24, 2.45) is 0 Å². The highest BCUT2D eigenvalue weighted by Gasteiger charge is 2.18. The molecule has 0 radical (unpaired) electrons. The summed E-state index contributed by atoms with van der Waals surface area (Å²) < 4.78 is 1.73. The van der Waals surface area contributed by atoms with Gasteiger partial charge >= 0.3 is 5.97 Å². The molecule has 3 rings (SSSR count). The monoisotopic (exact) mass is 323 g/mol. The first-order valence-corrected chi connectivity index (χ1v) is 8.22. The van der Waals surface area contributed by atoms with Crippen LogP contribution < -0.4 is 5.73 Å². The Balaban J connectivity index is 1.96. The van der Waals surface area contributed by atoms with Crippen molar-refractivity contribution in [3.05, 3.63) is 34.7 Å². The number of thiophene rings is 1. The van der Waals surface area contributed by atoms with Crippen molar-refractivity contribution in [3.63, 3.8) is 0 Å². The molecule has 0 saturated heterocycles. The zero-order valence-corrected chi connectivity index (χ0v) is 12.5. The van der Waals surface area contributed by atoms with Crippen molar-refractivity contribution in [1.82, 2.24) is 10.2 Å². The van der Waals surface area contributed by atoms with Crippen LogP contribution in [0.15, 0.2) is 28.6 Å². The van der Waals surface area contributed by atoms with Gasteiger partial charge in [-0.05, 0) is 17.0 Å². The molecule has 102 valence electrons. The van der Waals surface area contributed by atoms with Crippen LogP contribution in [0.25, 0.3) is 10.1 Å². The summed E-state index contributed by atoms with van der Waals surface area (Å²) >= 11 is 4.06. The van der Waals surface area contributed by atoms with Gasteiger partial charge in [0.05, 0.1) is 0 Å². The lowest BCUT2D eigenvalue weighted by Crippen LogP contribution is -1.96. The summed E-state index contributed by atoms with van der Waals surface area (Å²) in [4.78, 5) is 11.7. The molecule has 5 nitrogen and oxygen atoms in total. The molecule has 3 aromatic rings. The Labute approximate surface area is 126 Å². The maximum absolute atomic E-state index is 11.4. The van der Waals surface area contributed by atoms with Gasteiger partial charge in [-0.1, -0.05) is 41.3 Å². The quantitative estimate of drug-likeness (QED) is 0.716. The van der Waals surface area contributed by atoms with E-state index in [1.54, 1.807) is 0 Å². The third kappa shape index (κ3) is 2.49. The fourth-order valence-electron chi connectivity index (χ4n) is 1.83. The number of nitrogens with two attached hydrogens (primary N) is 1. The fraction of sp³-hybridized carbons (Fsp3) is 0.0833. The van der Waals surface area contributed by atoms with Gasteiger partial charge in [0.25, 0.3) is 0 Å². The van der Waals surface area contributed by atoms with E-state index in [1.165, 1.54) is 34.4 Å². The Bertz CT molecular complexity index is 781. The van der Waals surface area contributed by atoms with Crippen molar-refractivity contribution in [2.45, 2.75) is 10.1 Å². The standard InChI is InChI=1S/C12H9N3O2S3/c13-11-14-15-12(20-11)18-5-7-6-3-1-2-4-8(6)19-9(7)10(16)17/h1-4H,5H2,(H2,13,14)(H,16,17). The van der Waals surface area contributed by atoms with E-state index in [1.807, 2.05) is 24.3 Å². The maximum atomic E-state index is 11.4. The summed E-state index contributed by atoms with van der Waals surface area (Å²) in [7, 11) is 0. The van der Waals surface area contributed by atoms with Crippen LogP contribution in [0.3, 0.4) is 0 Å². The lowest BCUT2D eigenvalue weighted by Gasteiger charge is -1.99. The third-order valence-corrected chi connectivity index (χ3v) is 5.77. The van der Waals surface area contributed by atoms with E-state index in [4.69, 9.17) is 5.73 Å². The van der Waals surface area contributed by atoms with Gasteiger partial charge in [-0.2, -0.15) is 0 Å². The van der Waals surface area contributed by atoms with Crippen LogP contribution in [0.1, 0.15) is 15.2 Å². The van der Waals surface area contributed by atoms with Crippen molar-refractivity contribution in [2.75, 3.05) is 5.73 Å². The summed E-state index contributed by atoms with van der Waals surface area (Å²) in [6, 6.07) is 7.71. The molecular formula is C12H9N3O2S3. The Hall–Kier alpha value is -1.64. The molecule has 3 N–H and O–H groups in total. The number of hydrogen-bond donors (Lipinski definition) is 2. The smallest absolute Gasteiger partial charge is 0.346 e. The third-order valence-electron chi connectivity index (χ3n) is 2.65. The van der Waals surface area contributed by atoms with Gasteiger partial charge in [-0.15, -0.1) is 21.5 Å². The van der Waals surface area contributed by atoms with Crippen LogP contribution in [0, 0.1) is 0 Å². The number of benzene rings is 1. The predicted octanol–water partition coefficient (Wildman–Crippen LogP) is 3.33. The number of aromatic nitrogens is 2. The predicted molar refractivity (Wildman–Crippen MR) is 82.7 cm³/mol. The molecule has 2 aromatic heterocycles. The van der Waals surface area contributed by atoms with Crippen LogP contribution in [-0.4, -0.2) is 21.3 Å². The molecule has 0 aliphatic rings. The fourth-order valence-corrected chi connectivity index (χ4v) is 4.66. The highest BCUT2D eigenvalue weighted by atomic mass is 32.2. The summed E-state index contributed by atoms with van der Waals surface area (Å²) in [5, 5.41) is 18.4. The number of nitrogen functional groups attached to an aromatic ring is 1. The Morgan fingerprint density at radius 3 is 2.80 bits per heavy atom. The number of rotatable bonds is 4. The van der Waals surface area contributed by atoms with Crippen molar-refractivity contribution in [1.29, 1.82) is 0 Å². The van der Waals surface area contributed by atoms with Gasteiger partial charge in [-0.25, -0.2) is 4.79 Å². The SMILES string of the molecule is Nc1nnc(SCc2c(C(=O)O)sc3ccccc23)s1. The highest BCUT2D eigenvalue weighted by Crippen LogP contribution is 2.36. The van der Waals surface area contributed by atoms with Crippen molar-refractivity contribution in [3.8, 4) is 0 Å². The van der Waals surface area contributed by atoms with Crippen LogP contribution in [0.4, 0.5) is 5.13 Å². The van der Waals surface area contributed by atoms with E-state index in [-0.39, 0.29) is 0 Å². The molecular weight excluding hydrogens is 314 g/mol. The number of hydrogen-bond acceptors (Lipinski definition) is 7. The molecule has 0 bridgehead atoms. The molecule has 8 heteroatoms. The van der Waals surface area contributed by atoms with Crippen molar-refractivity contribution >= 4 is 55.6 Å². The molecule has 0 fully saturated rings. The maximum Gasteiger partial charge on any atom is 0.346 e. The Kier molecular flexibility index (Phi) is 3.60. The molecule has 0 spiro atoms. The lowest BCUT2D eigenvalue weighted by atomic mass is 10.1. The molecule has 0 atom stereocenters. The van der Waals surface area contributed by atoms with Gasteiger partial charge in [0, 0.05) is 10.5 Å². The molecule has 0 unspecified atom stereocenters. The first-order chi connectivity index (χ1) is 9.65. The number of thioether (sulfide) groups is 1. The van der Waals surface area contributed by atoms with Crippen molar-refractivity contribution < 1.29 is 9.90 Å². The van der Waals surface area contributed by atoms with E-state index in [2.05, 4.69) is 10.2 Å². The molecule has 2 heterocycles. The summed E-state index contributed by atoms with van der Waals surface area (Å²) in [6.07, 6.45) is 0. The highest BCUT2D eigenvalue weighted by molar-refractivity contribution is 8.00. The van der Waals surface area contributed by atoms with Crippen LogP contribution in [0.2, 0.25) is 0 Å². The largest absolute Gasteiger partial charge is 0.477 e. The molecule has 0 amide bonds. The second-order valence-corrected chi connectivity index (χ2v) is 7.19. The van der Waals surface area contributed by atoms with Gasteiger partial charge in [0.1, 0.15) is 4.88 Å². The second-order valence-electron chi connectivity index (χ2n) is 3.91. The van der Waals surface area contributed by atoms with E-state index < -0.39 is 5.97 Å². The topological polar surface area (TPSA) is 89.1 Å². The van der Waals surface area contributed by atoms with Crippen LogP contribution >= 0.6 is 34.4 Å². The Morgan fingerprint density at radius 2 is 2.10 bits per heavy atom. The zero-order valence-electron chi connectivity index (χ0n) is 10.1. The normalized spacial score (nSPS) is 11.0. The summed E-state index contributed by atoms with van der Waals surface area (Å²) in [5.41, 5.74) is 6.37. The average molecular weight is 323 g/mol. The first kappa shape index (κ1) is 13.3. The molecule has 0 aliphatic heterocycles. The van der Waals surface area contributed by atoms with Gasteiger partial charge in [0.15, 0.2) is 4.34 Å². The summed E-state index contributed by atoms with van der Waals surface area (Å²) in [6.45, 7) is 0.